The molecule has 0 spiro atoms. The SMILES string of the molecule is C=CN(C=C(C)c1ccc(C(C)=N)c(OCCC)c1)CC(C)(C)C. The largest absolute Gasteiger partial charge is 0.493 e. The van der Waals surface area contributed by atoms with Crippen molar-refractivity contribution >= 4 is 11.3 Å². The number of hydrogen-bond donors (Lipinski definition) is 1. The van der Waals surface area contributed by atoms with E-state index < -0.39 is 0 Å². The van der Waals surface area contributed by atoms with Crippen molar-refractivity contribution in [1.29, 1.82) is 5.41 Å². The van der Waals surface area contributed by atoms with Gasteiger partial charge in [-0.3, -0.25) is 0 Å². The highest BCUT2D eigenvalue weighted by atomic mass is 16.5. The lowest BCUT2D eigenvalue weighted by Crippen LogP contribution is -2.24. The van der Waals surface area contributed by atoms with E-state index in [0.29, 0.717) is 12.3 Å². The van der Waals surface area contributed by atoms with Crippen LogP contribution in [0.4, 0.5) is 0 Å². The molecule has 0 radical (unpaired) electrons. The first-order valence-electron chi connectivity index (χ1n) is 8.57. The molecule has 0 saturated carbocycles. The molecular formula is C21H32N2O. The van der Waals surface area contributed by atoms with Gasteiger partial charge in [0, 0.05) is 24.0 Å². The van der Waals surface area contributed by atoms with E-state index in [0.717, 1.165) is 35.4 Å². The molecule has 132 valence electrons. The summed E-state index contributed by atoms with van der Waals surface area (Å²) in [6.45, 7) is 18.1. The Kier molecular flexibility index (Phi) is 7.27. The van der Waals surface area contributed by atoms with Crippen molar-refractivity contribution in [3.63, 3.8) is 0 Å². The van der Waals surface area contributed by atoms with Crippen LogP contribution in [0.2, 0.25) is 0 Å². The minimum Gasteiger partial charge on any atom is -0.493 e. The Bertz CT molecular complexity index is 609. The summed E-state index contributed by atoms with van der Waals surface area (Å²) in [5.41, 5.74) is 3.83. The number of rotatable bonds is 8. The first-order valence-corrected chi connectivity index (χ1v) is 8.57. The van der Waals surface area contributed by atoms with Crippen molar-refractivity contribution < 1.29 is 4.74 Å². The molecule has 0 fully saturated rings. The number of nitrogens with zero attached hydrogens (tertiary/aromatic N) is 1. The van der Waals surface area contributed by atoms with Gasteiger partial charge < -0.3 is 15.0 Å². The molecule has 1 aromatic carbocycles. The van der Waals surface area contributed by atoms with Gasteiger partial charge in [0.25, 0.3) is 0 Å². The van der Waals surface area contributed by atoms with Crippen molar-refractivity contribution in [2.45, 2.75) is 48.0 Å². The van der Waals surface area contributed by atoms with Gasteiger partial charge in [0.1, 0.15) is 5.75 Å². The van der Waals surface area contributed by atoms with E-state index in [4.69, 9.17) is 10.1 Å². The van der Waals surface area contributed by atoms with Gasteiger partial charge in [-0.15, -0.1) is 0 Å². The van der Waals surface area contributed by atoms with Crippen LogP contribution >= 0.6 is 0 Å². The van der Waals surface area contributed by atoms with Crippen LogP contribution in [0.1, 0.15) is 59.1 Å². The summed E-state index contributed by atoms with van der Waals surface area (Å²) < 4.78 is 5.85. The molecule has 1 aromatic rings. The number of ether oxygens (including phenoxy) is 1. The molecule has 0 unspecified atom stereocenters. The van der Waals surface area contributed by atoms with E-state index in [1.807, 2.05) is 18.3 Å². The monoisotopic (exact) mass is 328 g/mol. The zero-order valence-electron chi connectivity index (χ0n) is 16.1. The lowest BCUT2D eigenvalue weighted by Gasteiger charge is -2.26. The Morgan fingerprint density at radius 2 is 1.96 bits per heavy atom. The number of nitrogens with one attached hydrogen (secondary N) is 1. The van der Waals surface area contributed by atoms with Crippen LogP contribution in [0.15, 0.2) is 37.2 Å². The molecule has 0 aromatic heterocycles. The van der Waals surface area contributed by atoms with Crippen molar-refractivity contribution in [3.8, 4) is 5.75 Å². The summed E-state index contributed by atoms with van der Waals surface area (Å²) in [6, 6.07) is 6.06. The van der Waals surface area contributed by atoms with E-state index in [9.17, 15) is 0 Å². The quantitative estimate of drug-likeness (QED) is 0.620. The van der Waals surface area contributed by atoms with Crippen LogP contribution < -0.4 is 4.74 Å². The number of hydrogen-bond acceptors (Lipinski definition) is 3. The summed E-state index contributed by atoms with van der Waals surface area (Å²) in [5, 5.41) is 7.91. The zero-order chi connectivity index (χ0) is 18.3. The molecule has 0 atom stereocenters. The maximum Gasteiger partial charge on any atom is 0.128 e. The van der Waals surface area contributed by atoms with Gasteiger partial charge >= 0.3 is 0 Å². The van der Waals surface area contributed by atoms with E-state index >= 15 is 0 Å². The van der Waals surface area contributed by atoms with Crippen LogP contribution in [-0.4, -0.2) is 23.8 Å². The molecule has 3 heteroatoms. The average molecular weight is 329 g/mol. The average Bonchev–Trinajstić information content (AvgIpc) is 2.50. The van der Waals surface area contributed by atoms with E-state index in [-0.39, 0.29) is 5.41 Å². The van der Waals surface area contributed by atoms with Gasteiger partial charge in [-0.2, -0.15) is 0 Å². The molecule has 1 N–H and O–H groups in total. The van der Waals surface area contributed by atoms with Crippen LogP contribution in [0, 0.1) is 10.8 Å². The Morgan fingerprint density at radius 3 is 2.46 bits per heavy atom. The topological polar surface area (TPSA) is 36.3 Å². The standard InChI is InChI=1S/C21H32N2O/c1-8-12-24-20-13-18(10-11-19(20)17(4)22)16(3)14-23(9-2)15-21(5,6)7/h9-11,13-14,22H,2,8,12,15H2,1,3-7H3. The van der Waals surface area contributed by atoms with Crippen molar-refractivity contribution in [2.24, 2.45) is 5.41 Å². The molecular weight excluding hydrogens is 296 g/mol. The highest BCUT2D eigenvalue weighted by molar-refractivity contribution is 5.99. The number of benzene rings is 1. The van der Waals surface area contributed by atoms with Crippen LogP contribution in [0.5, 0.6) is 5.75 Å². The van der Waals surface area contributed by atoms with E-state index in [2.05, 4.69) is 58.4 Å². The van der Waals surface area contributed by atoms with Crippen molar-refractivity contribution in [1.82, 2.24) is 4.90 Å². The zero-order valence-corrected chi connectivity index (χ0v) is 16.1. The highest BCUT2D eigenvalue weighted by Gasteiger charge is 2.13. The second-order valence-electron chi connectivity index (χ2n) is 7.41. The van der Waals surface area contributed by atoms with Gasteiger partial charge in [-0.1, -0.05) is 40.3 Å². The molecule has 0 aliphatic rings. The molecule has 0 bridgehead atoms. The first-order chi connectivity index (χ1) is 11.2. The Labute approximate surface area is 147 Å². The van der Waals surface area contributed by atoms with Crippen LogP contribution in [0.25, 0.3) is 5.57 Å². The minimum atomic E-state index is 0.196. The maximum absolute atomic E-state index is 7.91. The fraction of sp³-hybridized carbons (Fsp3) is 0.476. The normalized spacial score (nSPS) is 12.0. The highest BCUT2D eigenvalue weighted by Crippen LogP contribution is 2.26. The Morgan fingerprint density at radius 1 is 1.29 bits per heavy atom. The molecule has 1 rings (SSSR count). The van der Waals surface area contributed by atoms with Crippen LogP contribution in [0.3, 0.4) is 0 Å². The van der Waals surface area contributed by atoms with Gasteiger partial charge in [0.2, 0.25) is 0 Å². The molecule has 0 saturated heterocycles. The van der Waals surface area contributed by atoms with Gasteiger partial charge in [0.05, 0.1) is 6.61 Å². The summed E-state index contributed by atoms with van der Waals surface area (Å²) in [7, 11) is 0. The molecule has 24 heavy (non-hydrogen) atoms. The predicted octanol–water partition coefficient (Wildman–Crippen LogP) is 5.72. The van der Waals surface area contributed by atoms with Crippen molar-refractivity contribution in [2.75, 3.05) is 13.2 Å². The Hall–Kier alpha value is -2.03. The van der Waals surface area contributed by atoms with Gasteiger partial charge in [-0.05, 0) is 55.2 Å². The molecule has 3 nitrogen and oxygen atoms in total. The van der Waals surface area contributed by atoms with Crippen LogP contribution in [-0.2, 0) is 0 Å². The Balaban J connectivity index is 3.12. The lowest BCUT2D eigenvalue weighted by molar-refractivity contribution is 0.306. The molecule has 0 aliphatic heterocycles. The molecule has 0 heterocycles. The summed E-state index contributed by atoms with van der Waals surface area (Å²) in [5.74, 6) is 0.788. The van der Waals surface area contributed by atoms with E-state index in [1.165, 1.54) is 0 Å². The second-order valence-corrected chi connectivity index (χ2v) is 7.41. The lowest BCUT2D eigenvalue weighted by atomic mass is 9.96. The van der Waals surface area contributed by atoms with Gasteiger partial charge in [-0.25, -0.2) is 0 Å². The third kappa shape index (κ3) is 6.23. The minimum absolute atomic E-state index is 0.196. The van der Waals surface area contributed by atoms with Crippen molar-refractivity contribution in [3.05, 3.63) is 48.3 Å². The van der Waals surface area contributed by atoms with E-state index in [1.54, 1.807) is 6.92 Å². The van der Waals surface area contributed by atoms with Gasteiger partial charge in [0.15, 0.2) is 0 Å². The first kappa shape index (κ1) is 20.0. The summed E-state index contributed by atoms with van der Waals surface area (Å²) in [6.07, 6.45) is 4.93. The maximum atomic E-state index is 7.91. The molecule has 0 aliphatic carbocycles. The number of allylic oxidation sites excluding steroid dienone is 1. The predicted molar refractivity (Wildman–Crippen MR) is 105 cm³/mol. The third-order valence-electron chi connectivity index (χ3n) is 3.55. The molecule has 0 amide bonds. The third-order valence-corrected chi connectivity index (χ3v) is 3.55. The smallest absolute Gasteiger partial charge is 0.128 e. The fourth-order valence-corrected chi connectivity index (χ4v) is 2.44. The second kappa shape index (κ2) is 8.72. The summed E-state index contributed by atoms with van der Waals surface area (Å²) in [4.78, 5) is 2.12. The fourth-order valence-electron chi connectivity index (χ4n) is 2.44. The summed E-state index contributed by atoms with van der Waals surface area (Å²) >= 11 is 0.